The number of aliphatic hydroxyl groups excluding tert-OH is 1. The lowest BCUT2D eigenvalue weighted by Crippen LogP contribution is -2.51. The van der Waals surface area contributed by atoms with Gasteiger partial charge in [-0.1, -0.05) is 116 Å². The number of nitrogens with zero attached hydrogens (tertiary/aromatic N) is 12. The second-order valence-corrected chi connectivity index (χ2v) is 47.2. The summed E-state index contributed by atoms with van der Waals surface area (Å²) in [4.78, 5) is 112. The molecule has 0 aromatic carbocycles. The number of ether oxygens (including phenoxy) is 7. The van der Waals surface area contributed by atoms with Crippen LogP contribution in [0.15, 0.2) is 102 Å². The van der Waals surface area contributed by atoms with Crippen LogP contribution in [0.4, 0.5) is 34.9 Å². The number of anilines is 6. The van der Waals surface area contributed by atoms with E-state index in [0.717, 1.165) is 237 Å². The van der Waals surface area contributed by atoms with Crippen molar-refractivity contribution in [3.63, 3.8) is 0 Å². The van der Waals surface area contributed by atoms with Crippen molar-refractivity contribution in [3.8, 4) is 0 Å². The maximum Gasteiger partial charge on any atom is 0.341 e. The van der Waals surface area contributed by atoms with Crippen LogP contribution in [-0.2, 0) is 33.2 Å². The number of carbonyl (C=O) groups is 6. The van der Waals surface area contributed by atoms with Crippen LogP contribution in [0.2, 0.25) is 0 Å². The highest BCUT2D eigenvalue weighted by atomic mass is 79.9. The fourth-order valence-corrected chi connectivity index (χ4v) is 26.3. The molecule has 31 nitrogen and oxygen atoms in total. The van der Waals surface area contributed by atoms with Gasteiger partial charge in [-0.15, -0.1) is 0 Å². The summed E-state index contributed by atoms with van der Waals surface area (Å²) in [5.41, 5.74) is 3.21. The highest BCUT2D eigenvalue weighted by molar-refractivity contribution is 9.11. The standard InChI is InChI=1S/C20H29BrN2O2.2C19H28BrN3O3.C19H26BrN3O2.C18H27N3O2.C17H24BrN3O2/c1-25-20(24)18-13-17(21)14-22-19(18)23-11-9-16(10-12-23)8-7-15-5-3-2-4-6-15;1-25-17-6-4-3-5-16(17)22-14-7-9-23(10-8-14)18-15(19(24)26-2)11-13(20)12-21-18;1-26-19(25)15-11-13(20)12-21-18(15)23-9-7-14(8-10-23)22-16-5-3-2-4-6-17(16)24;1-25-19(24)16-10-14(20)11-21-18(16)23-6-4-15(5-7-23)22-17-9-12-2-3-13(17)8-12;1-2-23-18(22)16-9-6-11-19-17(16)21-12-10-15(13-21)20-14-7-4-3-5-8-14;1-23-17(22)15-10-12(18)11-19-16(15)21-8-6-14(7-9-21)20-13-4-2-3-5-13/h13-16H,2-12H2,1H3;11-12,14,16-17,22H,3-10H2,1-2H3;11-12,14,16-17,22,24H,2-10H2,1H3;10-13,15,17,22H,2-9H2,1H3;6,9,11,14-15,20H,2-5,7-8,10,12-13H2,1H3;10-11,13-14,20H,2-9H2,1H3/t;;16?,17-;;;/m..1.../s1. The number of nitrogens with one attached hydrogen (secondary N) is 5. The van der Waals surface area contributed by atoms with E-state index in [1.54, 1.807) is 67.5 Å². The Hall–Kier alpha value is -7.36. The monoisotopic (exact) mass is 2360 g/mol. The van der Waals surface area contributed by atoms with Crippen LogP contribution in [0.1, 0.15) is 326 Å². The number of fused-ring (bicyclic) bond motifs is 2. The van der Waals surface area contributed by atoms with Gasteiger partial charge in [0, 0.05) is 206 Å². The van der Waals surface area contributed by atoms with E-state index in [-0.39, 0.29) is 48.0 Å². The van der Waals surface area contributed by atoms with Crippen molar-refractivity contribution < 1.29 is 67.0 Å². The number of methoxy groups -OCH3 is 6. The van der Waals surface area contributed by atoms with Gasteiger partial charge in [0.15, 0.2) is 0 Å². The molecule has 36 heteroatoms. The fourth-order valence-electron chi connectivity index (χ4n) is 24.7. The first kappa shape index (κ1) is 116. The number of carbonyl (C=O) groups excluding carboxylic acids is 6. The van der Waals surface area contributed by atoms with Gasteiger partial charge in [-0.05, 0) is 294 Å². The summed E-state index contributed by atoms with van der Waals surface area (Å²) in [6.45, 7) is 13.1. The maximum absolute atomic E-state index is 12.1. The first-order chi connectivity index (χ1) is 71.9. The Morgan fingerprint density at radius 2 is 0.642 bits per heavy atom. The second kappa shape index (κ2) is 59.9. The zero-order chi connectivity index (χ0) is 104. The summed E-state index contributed by atoms with van der Waals surface area (Å²) in [6, 6.07) is 17.9. The van der Waals surface area contributed by atoms with Gasteiger partial charge in [-0.3, -0.25) is 0 Å². The van der Waals surface area contributed by atoms with Crippen LogP contribution < -0.4 is 56.0 Å². The Morgan fingerprint density at radius 3 is 1.03 bits per heavy atom. The molecule has 8 atom stereocenters. The quantitative estimate of drug-likeness (QED) is 0.0158. The lowest BCUT2D eigenvalue weighted by molar-refractivity contribution is 0.0365. The predicted molar refractivity (Wildman–Crippen MR) is 599 cm³/mol. The molecule has 2 bridgehead atoms. The summed E-state index contributed by atoms with van der Waals surface area (Å²) in [7, 11) is 8.86. The summed E-state index contributed by atoms with van der Waals surface area (Å²) in [5, 5.41) is 29.4. The third-order valence-corrected chi connectivity index (χ3v) is 34.9. The maximum atomic E-state index is 12.1. The zero-order valence-electron chi connectivity index (χ0n) is 88.2. The summed E-state index contributed by atoms with van der Waals surface area (Å²) in [5.74, 6) is 6.15. The van der Waals surface area contributed by atoms with Crippen LogP contribution in [-0.4, -0.2) is 271 Å². The van der Waals surface area contributed by atoms with Crippen molar-refractivity contribution in [1.82, 2.24) is 56.5 Å². The predicted octanol–water partition coefficient (Wildman–Crippen LogP) is 20.5. The van der Waals surface area contributed by atoms with E-state index in [4.69, 9.17) is 33.2 Å². The fraction of sp³-hybridized carbons (Fsp3) is 0.679. The average molecular weight is 2370 g/mol. The SMILES string of the molecule is CCOC(=O)c1cccnc1N1CCC(NC2CCCCC2)C1.COC(=O)c1cc(Br)cnc1N1CCC(CCC2CCCCC2)CC1.COC(=O)c1cc(Br)cnc1N1CCC(NC2CC3CCC2C3)CC1.COC(=O)c1cc(Br)cnc1N1CCC(NC2CCCC2)CC1.COC(=O)c1cc(Br)cnc1N1CCC(NC2CCCCC2OC)CC1.COC(=O)c1cc(Br)cnc1N1CCC(NC2CCCCC[C@H]2O)CC1. The first-order valence-corrected chi connectivity index (χ1v) is 59.2. The molecule has 148 heavy (non-hydrogen) atoms. The Labute approximate surface area is 919 Å². The van der Waals surface area contributed by atoms with Crippen LogP contribution >= 0.6 is 79.6 Å². The van der Waals surface area contributed by atoms with Crippen molar-refractivity contribution in [2.75, 3.05) is 157 Å². The van der Waals surface area contributed by atoms with Gasteiger partial charge in [0.25, 0.3) is 0 Å². The average Bonchev–Trinajstić information content (AvgIpc) is 1.47. The molecule has 0 spiro atoms. The number of hydrogen-bond acceptors (Lipinski definition) is 31. The molecule has 814 valence electrons. The molecular weight excluding hydrogens is 2210 g/mol. The number of aromatic nitrogens is 6. The molecule has 6 aromatic rings. The molecule has 7 unspecified atom stereocenters. The molecular formula is C112H162Br5N17O14. The first-order valence-electron chi connectivity index (χ1n) is 55.3. The van der Waals surface area contributed by atoms with Crippen LogP contribution in [0, 0.1) is 23.7 Å². The van der Waals surface area contributed by atoms with E-state index >= 15 is 0 Å². The molecule has 13 aliphatic rings. The van der Waals surface area contributed by atoms with Crippen molar-refractivity contribution in [2.45, 2.75) is 336 Å². The Morgan fingerprint density at radius 1 is 0.324 bits per heavy atom. The highest BCUT2D eigenvalue weighted by Gasteiger charge is 2.42. The van der Waals surface area contributed by atoms with E-state index in [9.17, 15) is 33.9 Å². The molecule has 6 aliphatic heterocycles. The molecule has 7 saturated carbocycles. The van der Waals surface area contributed by atoms with Gasteiger partial charge >= 0.3 is 35.8 Å². The molecule has 7 aliphatic carbocycles. The minimum atomic E-state index is -0.365. The topological polar surface area (TPSA) is 344 Å². The minimum absolute atomic E-state index is 0.213. The van der Waals surface area contributed by atoms with Crippen molar-refractivity contribution in [1.29, 1.82) is 0 Å². The molecule has 0 amide bonds. The molecule has 6 saturated heterocycles. The molecule has 6 N–H and O–H groups in total. The van der Waals surface area contributed by atoms with Gasteiger partial charge in [-0.2, -0.15) is 0 Å². The van der Waals surface area contributed by atoms with Gasteiger partial charge in [0.1, 0.15) is 68.3 Å². The van der Waals surface area contributed by atoms with Gasteiger partial charge in [-0.25, -0.2) is 58.7 Å². The van der Waals surface area contributed by atoms with Crippen LogP contribution in [0.3, 0.4) is 0 Å². The van der Waals surface area contributed by atoms with E-state index < -0.39 is 0 Å². The zero-order valence-corrected chi connectivity index (χ0v) is 96.2. The molecule has 6 aromatic heterocycles. The lowest BCUT2D eigenvalue weighted by atomic mass is 9.82. The lowest BCUT2D eigenvalue weighted by Gasteiger charge is -2.38. The van der Waals surface area contributed by atoms with Crippen molar-refractivity contribution in [3.05, 3.63) is 135 Å². The molecule has 12 heterocycles. The molecule has 19 rings (SSSR count). The van der Waals surface area contributed by atoms with Gasteiger partial charge in [0.2, 0.25) is 0 Å². The number of piperidine rings is 5. The van der Waals surface area contributed by atoms with E-state index in [2.05, 4.69) is 166 Å². The Bertz CT molecular complexity index is 5080. The van der Waals surface area contributed by atoms with Crippen LogP contribution in [0.5, 0.6) is 0 Å². The summed E-state index contributed by atoms with van der Waals surface area (Å²) < 4.78 is 39.3. The number of rotatable bonds is 27. The third kappa shape index (κ3) is 33.8. The van der Waals surface area contributed by atoms with Crippen LogP contribution in [0.25, 0.3) is 0 Å². The normalized spacial score (nSPS) is 23.5. The van der Waals surface area contributed by atoms with E-state index in [0.29, 0.717) is 106 Å². The van der Waals surface area contributed by atoms with Crippen molar-refractivity contribution >= 4 is 150 Å². The van der Waals surface area contributed by atoms with Gasteiger partial charge in [0.05, 0.1) is 54.4 Å². The molecule has 13 fully saturated rings. The Kier molecular flexibility index (Phi) is 47.0. The summed E-state index contributed by atoms with van der Waals surface area (Å²) >= 11 is 16.9. The third-order valence-electron chi connectivity index (χ3n) is 32.7. The number of hydrogen-bond donors (Lipinski definition) is 6. The smallest absolute Gasteiger partial charge is 0.341 e. The number of pyridine rings is 6. The van der Waals surface area contributed by atoms with Gasteiger partial charge < -0.3 is 94.2 Å². The largest absolute Gasteiger partial charge is 0.465 e. The number of esters is 6. The van der Waals surface area contributed by atoms with Crippen molar-refractivity contribution in [2.24, 2.45) is 23.7 Å². The van der Waals surface area contributed by atoms with E-state index in [1.165, 1.54) is 209 Å². The summed E-state index contributed by atoms with van der Waals surface area (Å²) in [6.07, 6.45) is 60.6. The number of halogens is 5. The second-order valence-electron chi connectivity index (χ2n) is 42.6. The minimum Gasteiger partial charge on any atom is -0.465 e. The van der Waals surface area contributed by atoms with E-state index in [1.807, 2.05) is 26.2 Å². The Balaban J connectivity index is 0.000000140. The highest BCUT2D eigenvalue weighted by Crippen LogP contribution is 2.46. The molecule has 0 radical (unpaired) electrons. The number of aliphatic hydroxyl groups is 1.